The molecule has 0 radical (unpaired) electrons. The molecule has 2 aliphatic rings. The molecular formula is C63H105NO13. The highest BCUT2D eigenvalue weighted by Crippen LogP contribution is 2.30. The highest BCUT2D eigenvalue weighted by Gasteiger charge is 2.51. The molecule has 2 heterocycles. The van der Waals surface area contributed by atoms with E-state index in [1.165, 1.54) is 89.9 Å². The fraction of sp³-hybridized carbons (Fsp3) is 0.698. The zero-order valence-electron chi connectivity index (χ0n) is 47.2. The summed E-state index contributed by atoms with van der Waals surface area (Å²) in [6.45, 7) is 2.61. The van der Waals surface area contributed by atoms with Gasteiger partial charge in [0.1, 0.15) is 48.8 Å². The fourth-order valence-corrected chi connectivity index (χ4v) is 8.94. The predicted molar refractivity (Wildman–Crippen MR) is 309 cm³/mol. The Bertz CT molecular complexity index is 1700. The number of nitrogens with one attached hydrogen (secondary N) is 1. The lowest BCUT2D eigenvalue weighted by molar-refractivity contribution is -0.359. The van der Waals surface area contributed by atoms with Crippen molar-refractivity contribution in [2.45, 2.75) is 261 Å². The molecule has 0 aromatic carbocycles. The van der Waals surface area contributed by atoms with Crippen LogP contribution in [0.2, 0.25) is 0 Å². The molecule has 0 aromatic rings. The Morgan fingerprint density at radius 2 is 0.909 bits per heavy atom. The quantitative estimate of drug-likeness (QED) is 0.0205. The Morgan fingerprint density at radius 3 is 1.43 bits per heavy atom. The maximum Gasteiger partial charge on any atom is 0.220 e. The molecule has 0 spiro atoms. The topological polar surface area (TPSA) is 228 Å². The number of hydrogen-bond donors (Lipinski definition) is 9. The van der Waals surface area contributed by atoms with E-state index >= 15 is 0 Å². The molecule has 9 N–H and O–H groups in total. The van der Waals surface area contributed by atoms with Crippen molar-refractivity contribution in [2.75, 3.05) is 19.8 Å². The van der Waals surface area contributed by atoms with Gasteiger partial charge in [0.05, 0.1) is 32.0 Å². The van der Waals surface area contributed by atoms with Gasteiger partial charge < -0.3 is 65.1 Å². The van der Waals surface area contributed by atoms with Crippen molar-refractivity contribution in [3.63, 3.8) is 0 Å². The second-order valence-corrected chi connectivity index (χ2v) is 20.4. The molecular weight excluding hydrogens is 979 g/mol. The van der Waals surface area contributed by atoms with Crippen molar-refractivity contribution in [3.05, 3.63) is 109 Å². The average Bonchev–Trinajstić information content (AvgIpc) is 3.44. The van der Waals surface area contributed by atoms with Gasteiger partial charge in [-0.05, 0) is 83.5 Å². The van der Waals surface area contributed by atoms with E-state index in [4.69, 9.17) is 18.9 Å². The minimum atomic E-state index is -1.80. The van der Waals surface area contributed by atoms with Crippen molar-refractivity contribution in [1.82, 2.24) is 5.32 Å². The monoisotopic (exact) mass is 1080 g/mol. The zero-order valence-corrected chi connectivity index (χ0v) is 47.2. The second kappa shape index (κ2) is 47.5. The number of amides is 1. The number of hydrogen-bond acceptors (Lipinski definition) is 13. The van der Waals surface area contributed by atoms with Crippen LogP contribution in [0.25, 0.3) is 0 Å². The van der Waals surface area contributed by atoms with E-state index in [0.29, 0.717) is 19.3 Å². The van der Waals surface area contributed by atoms with Crippen LogP contribution in [0.15, 0.2) is 109 Å². The second-order valence-electron chi connectivity index (χ2n) is 20.4. The lowest BCUT2D eigenvalue weighted by Crippen LogP contribution is -2.65. The molecule has 14 heteroatoms. The molecule has 12 unspecified atom stereocenters. The summed E-state index contributed by atoms with van der Waals surface area (Å²) in [4.78, 5) is 13.2. The molecule has 2 saturated heterocycles. The molecule has 1 amide bonds. The first-order chi connectivity index (χ1) is 37.6. The molecule has 0 aromatic heterocycles. The molecule has 2 fully saturated rings. The summed E-state index contributed by atoms with van der Waals surface area (Å²) in [5, 5.41) is 87.0. The summed E-state index contributed by atoms with van der Waals surface area (Å²) in [5.41, 5.74) is 0. The normalized spacial score (nSPS) is 25.5. The number of rotatable bonds is 45. The molecule has 2 aliphatic heterocycles. The highest BCUT2D eigenvalue weighted by atomic mass is 16.7. The van der Waals surface area contributed by atoms with Crippen molar-refractivity contribution in [1.29, 1.82) is 0 Å². The third-order valence-electron chi connectivity index (χ3n) is 13.7. The summed E-state index contributed by atoms with van der Waals surface area (Å²) in [5.74, 6) is -0.311. The van der Waals surface area contributed by atoms with Gasteiger partial charge in [-0.1, -0.05) is 207 Å². The van der Waals surface area contributed by atoms with Gasteiger partial charge in [-0.25, -0.2) is 0 Å². The molecule has 12 atom stereocenters. The third-order valence-corrected chi connectivity index (χ3v) is 13.7. The number of unbranched alkanes of at least 4 members (excludes halogenated alkanes) is 16. The van der Waals surface area contributed by atoms with Gasteiger partial charge in [0.2, 0.25) is 5.91 Å². The number of carbonyl (C=O) groups is 1. The molecule has 0 saturated carbocycles. The van der Waals surface area contributed by atoms with E-state index < -0.39 is 86.8 Å². The number of allylic oxidation sites excluding steroid dienone is 17. The maximum absolute atomic E-state index is 13.2. The molecule has 0 bridgehead atoms. The fourth-order valence-electron chi connectivity index (χ4n) is 8.94. The first kappa shape index (κ1) is 69.8. The Hall–Kier alpha value is -3.35. The third kappa shape index (κ3) is 33.1. The van der Waals surface area contributed by atoms with Crippen molar-refractivity contribution in [2.24, 2.45) is 0 Å². The summed E-state index contributed by atoms with van der Waals surface area (Å²) < 4.78 is 22.7. The minimum absolute atomic E-state index is 0.187. The van der Waals surface area contributed by atoms with Crippen LogP contribution >= 0.6 is 0 Å². The highest BCUT2D eigenvalue weighted by molar-refractivity contribution is 5.76. The SMILES string of the molecule is CC/C=C\C/C=C\C/C=C\C/C=C\C/C=C\C/C=C\C/C=C\CCCC(=O)NC(COC1OC(CO)C(OC2OC(CO)C(O)C(O)C2O)C(O)C1O)C(O)/C=C/CC/C=C/CCCCCCCCCCCCCCCC. The number of aliphatic hydroxyl groups is 8. The smallest absolute Gasteiger partial charge is 0.220 e. The van der Waals surface area contributed by atoms with Crippen LogP contribution in [-0.4, -0.2) is 140 Å². The van der Waals surface area contributed by atoms with E-state index in [-0.39, 0.29) is 18.9 Å². The zero-order chi connectivity index (χ0) is 56.0. The van der Waals surface area contributed by atoms with Gasteiger partial charge in [-0.2, -0.15) is 0 Å². The van der Waals surface area contributed by atoms with Crippen molar-refractivity contribution in [3.8, 4) is 0 Å². The number of carbonyl (C=O) groups excluding carboxylic acids is 1. The van der Waals surface area contributed by atoms with Crippen LogP contribution in [0, 0.1) is 0 Å². The van der Waals surface area contributed by atoms with Gasteiger partial charge in [0.15, 0.2) is 12.6 Å². The van der Waals surface area contributed by atoms with Gasteiger partial charge in [-0.15, -0.1) is 0 Å². The van der Waals surface area contributed by atoms with E-state index in [2.05, 4.69) is 110 Å². The van der Waals surface area contributed by atoms with Crippen LogP contribution in [-0.2, 0) is 23.7 Å². The minimum Gasteiger partial charge on any atom is -0.394 e. The van der Waals surface area contributed by atoms with E-state index in [0.717, 1.165) is 57.8 Å². The summed E-state index contributed by atoms with van der Waals surface area (Å²) in [7, 11) is 0. The maximum atomic E-state index is 13.2. The van der Waals surface area contributed by atoms with Crippen LogP contribution in [0.4, 0.5) is 0 Å². The molecule has 14 nitrogen and oxygen atoms in total. The van der Waals surface area contributed by atoms with Crippen LogP contribution < -0.4 is 5.32 Å². The first-order valence-corrected chi connectivity index (χ1v) is 29.6. The van der Waals surface area contributed by atoms with E-state index in [1.54, 1.807) is 6.08 Å². The number of ether oxygens (including phenoxy) is 4. The summed E-state index contributed by atoms with van der Waals surface area (Å²) in [6, 6.07) is -0.970. The van der Waals surface area contributed by atoms with Crippen LogP contribution in [0.5, 0.6) is 0 Å². The molecule has 0 aliphatic carbocycles. The van der Waals surface area contributed by atoms with Crippen LogP contribution in [0.3, 0.4) is 0 Å². The lowest BCUT2D eigenvalue weighted by Gasteiger charge is -2.46. The van der Waals surface area contributed by atoms with Crippen molar-refractivity contribution >= 4 is 5.91 Å². The summed E-state index contributed by atoms with van der Waals surface area (Å²) in [6.07, 6.45) is 49.9. The average molecular weight is 1080 g/mol. The first-order valence-electron chi connectivity index (χ1n) is 29.6. The molecule has 77 heavy (non-hydrogen) atoms. The standard InChI is InChI=1S/C63H105NO13/c1-3-5-7-9-11-13-15-17-19-21-23-25-26-27-29-31-33-35-37-39-41-43-45-47-55(68)64-51(52(67)46-44-42-40-38-36-34-32-30-28-24-22-20-18-16-14-12-10-8-6-4-2)50-74-62-60(73)58(71)61(54(49-66)76-62)77-63-59(72)57(70)56(69)53(48-65)75-63/h5,7,11,13,17,19,23,25,27,29,33,35-36,38-39,41,44,46,51-54,56-63,65-67,69-73H,3-4,6,8-10,12,14-16,18,20-22,24,26,28,30-32,34,37,40,42-43,45,47-50H2,1-2H3,(H,64,68)/b7-5-,13-11-,19-17-,25-23-,29-27-,35-33-,38-36+,41-39-,46-44+. The van der Waals surface area contributed by atoms with Gasteiger partial charge in [-0.3, -0.25) is 4.79 Å². The molecule has 440 valence electrons. The Kier molecular flexibility index (Phi) is 43.0. The predicted octanol–water partition coefficient (Wildman–Crippen LogP) is 10.1. The van der Waals surface area contributed by atoms with Gasteiger partial charge in [0.25, 0.3) is 0 Å². The van der Waals surface area contributed by atoms with E-state index in [1.807, 2.05) is 12.2 Å². The lowest BCUT2D eigenvalue weighted by atomic mass is 9.97. The number of aliphatic hydroxyl groups excluding tert-OH is 8. The Balaban J connectivity index is 1.83. The van der Waals surface area contributed by atoms with Crippen LogP contribution in [0.1, 0.15) is 187 Å². The Morgan fingerprint density at radius 1 is 0.481 bits per heavy atom. The van der Waals surface area contributed by atoms with Gasteiger partial charge in [0, 0.05) is 6.42 Å². The van der Waals surface area contributed by atoms with Crippen molar-refractivity contribution < 1.29 is 64.6 Å². The Labute approximate surface area is 464 Å². The summed E-state index contributed by atoms with van der Waals surface area (Å²) >= 11 is 0. The van der Waals surface area contributed by atoms with Gasteiger partial charge >= 0.3 is 0 Å². The largest absolute Gasteiger partial charge is 0.394 e. The molecule has 2 rings (SSSR count). The van der Waals surface area contributed by atoms with E-state index in [9.17, 15) is 45.6 Å².